The summed E-state index contributed by atoms with van der Waals surface area (Å²) in [5.41, 5.74) is -0.296. The Kier molecular flexibility index (Phi) is 7.50. The van der Waals surface area contributed by atoms with Gasteiger partial charge >= 0.3 is 6.18 Å². The lowest BCUT2D eigenvalue weighted by atomic mass is 9.93. The van der Waals surface area contributed by atoms with E-state index in [9.17, 15) is 37.1 Å². The van der Waals surface area contributed by atoms with Crippen LogP contribution in [0, 0.1) is 17.8 Å². The minimum absolute atomic E-state index is 0.0967. The molecular weight excluding hydrogens is 517 g/mol. The number of carbonyl (C=O) groups excluding carboxylic acids is 5. The van der Waals surface area contributed by atoms with E-state index in [1.54, 1.807) is 6.92 Å². The lowest BCUT2D eigenvalue weighted by Gasteiger charge is -2.21. The van der Waals surface area contributed by atoms with Gasteiger partial charge in [-0.3, -0.25) is 24.0 Å². The zero-order valence-electron chi connectivity index (χ0n) is 19.8. The molecule has 200 valence electrons. The summed E-state index contributed by atoms with van der Waals surface area (Å²) in [5.74, 6) is -7.53. The van der Waals surface area contributed by atoms with Crippen LogP contribution in [0.15, 0.2) is 18.2 Å². The number of rotatable bonds is 9. The predicted molar refractivity (Wildman–Crippen MR) is 125 cm³/mol. The quantitative estimate of drug-likeness (QED) is 0.355. The van der Waals surface area contributed by atoms with Crippen molar-refractivity contribution in [3.63, 3.8) is 0 Å². The summed E-state index contributed by atoms with van der Waals surface area (Å²) < 4.78 is 38.6. The first kappa shape index (κ1) is 26.9. The fraction of sp³-hybridized carbons (Fsp3) is 0.542. The average molecular weight is 543 g/mol. The van der Waals surface area contributed by atoms with Crippen LogP contribution in [0.1, 0.15) is 49.4 Å². The lowest BCUT2D eigenvalue weighted by molar-refractivity contribution is -0.153. The highest BCUT2D eigenvalue weighted by Crippen LogP contribution is 2.50. The van der Waals surface area contributed by atoms with E-state index < -0.39 is 53.5 Å². The molecule has 4 rings (SSSR count). The highest BCUT2D eigenvalue weighted by atomic mass is 35.5. The van der Waals surface area contributed by atoms with Crippen LogP contribution in [0.5, 0.6) is 0 Å². The maximum atomic E-state index is 13.2. The Hall–Kier alpha value is -3.15. The normalized spacial score (nSPS) is 25.6. The van der Waals surface area contributed by atoms with Gasteiger partial charge in [0.05, 0.1) is 29.1 Å². The number of nitrogens with one attached hydrogen (secondary N) is 4. The van der Waals surface area contributed by atoms with Gasteiger partial charge in [-0.25, -0.2) is 0 Å². The molecule has 4 amide bonds. The van der Waals surface area contributed by atoms with E-state index in [2.05, 4.69) is 21.3 Å². The monoisotopic (exact) mass is 542 g/mol. The Morgan fingerprint density at radius 2 is 1.86 bits per heavy atom. The number of hydrogen-bond acceptors (Lipinski definition) is 5. The number of benzene rings is 1. The number of ketones is 1. The molecule has 2 saturated carbocycles. The maximum Gasteiger partial charge on any atom is 0.392 e. The van der Waals surface area contributed by atoms with Crippen LogP contribution in [0.25, 0.3) is 0 Å². The molecular formula is C24H26ClF3N4O5. The van der Waals surface area contributed by atoms with Crippen molar-refractivity contribution >= 4 is 46.7 Å². The second kappa shape index (κ2) is 10.3. The molecule has 3 aliphatic rings. The summed E-state index contributed by atoms with van der Waals surface area (Å²) in [6.45, 7) is 1.79. The lowest BCUT2D eigenvalue weighted by Crippen LogP contribution is -2.49. The van der Waals surface area contributed by atoms with Crippen molar-refractivity contribution in [2.24, 2.45) is 17.8 Å². The molecule has 5 atom stereocenters. The highest BCUT2D eigenvalue weighted by molar-refractivity contribution is 6.38. The number of alkyl halides is 3. The summed E-state index contributed by atoms with van der Waals surface area (Å²) >= 11 is 6.02. The van der Waals surface area contributed by atoms with E-state index in [1.807, 2.05) is 0 Å². The number of anilines is 1. The van der Waals surface area contributed by atoms with E-state index >= 15 is 0 Å². The van der Waals surface area contributed by atoms with Crippen LogP contribution < -0.4 is 21.3 Å². The molecule has 0 radical (unpaired) electrons. The fourth-order valence-corrected chi connectivity index (χ4v) is 4.61. The van der Waals surface area contributed by atoms with E-state index in [-0.39, 0.29) is 47.1 Å². The summed E-state index contributed by atoms with van der Waals surface area (Å²) in [5, 5.41) is 10.2. The van der Waals surface area contributed by atoms with Crippen molar-refractivity contribution in [3.05, 3.63) is 28.8 Å². The first-order valence-corrected chi connectivity index (χ1v) is 12.3. The molecule has 0 bridgehead atoms. The first-order chi connectivity index (χ1) is 17.3. The van der Waals surface area contributed by atoms with Gasteiger partial charge in [-0.05, 0) is 57.2 Å². The predicted octanol–water partition coefficient (Wildman–Crippen LogP) is 2.34. The number of hydrogen-bond donors (Lipinski definition) is 4. The molecule has 1 aliphatic heterocycles. The molecule has 1 aromatic rings. The molecule has 0 aromatic heterocycles. The first-order valence-electron chi connectivity index (χ1n) is 12.0. The van der Waals surface area contributed by atoms with Gasteiger partial charge in [0.15, 0.2) is 0 Å². The zero-order chi connectivity index (χ0) is 27.1. The van der Waals surface area contributed by atoms with Gasteiger partial charge < -0.3 is 21.3 Å². The van der Waals surface area contributed by atoms with Crippen LogP contribution in [0.4, 0.5) is 18.9 Å². The van der Waals surface area contributed by atoms with Crippen LogP contribution in [-0.4, -0.2) is 53.7 Å². The third-order valence-electron chi connectivity index (χ3n) is 6.71. The third-order valence-corrected chi connectivity index (χ3v) is 6.94. The molecule has 37 heavy (non-hydrogen) atoms. The van der Waals surface area contributed by atoms with Crippen molar-refractivity contribution in [2.45, 2.75) is 63.3 Å². The average Bonchev–Trinajstić information content (AvgIpc) is 3.72. The Morgan fingerprint density at radius 3 is 2.43 bits per heavy atom. The Balaban J connectivity index is 1.51. The molecule has 0 spiro atoms. The van der Waals surface area contributed by atoms with Gasteiger partial charge in [0, 0.05) is 23.0 Å². The molecule has 9 nitrogen and oxygen atoms in total. The largest absolute Gasteiger partial charge is 0.392 e. The topological polar surface area (TPSA) is 133 Å². The van der Waals surface area contributed by atoms with Crippen molar-refractivity contribution < 1.29 is 37.1 Å². The van der Waals surface area contributed by atoms with Gasteiger partial charge in [-0.2, -0.15) is 13.2 Å². The molecule has 3 fully saturated rings. The van der Waals surface area contributed by atoms with E-state index in [1.165, 1.54) is 18.2 Å². The maximum absolute atomic E-state index is 13.2. The molecule has 1 aromatic carbocycles. The summed E-state index contributed by atoms with van der Waals surface area (Å²) in [6.07, 6.45) is -3.10. The second-order valence-corrected chi connectivity index (χ2v) is 10.3. The van der Waals surface area contributed by atoms with E-state index in [0.29, 0.717) is 6.42 Å². The Bertz CT molecular complexity index is 1140. The molecule has 1 heterocycles. The molecule has 13 heteroatoms. The Labute approximate surface area is 215 Å². The minimum atomic E-state index is -4.50. The van der Waals surface area contributed by atoms with Crippen LogP contribution in [0.2, 0.25) is 5.02 Å². The van der Waals surface area contributed by atoms with Gasteiger partial charge in [0.2, 0.25) is 17.6 Å². The smallest absolute Gasteiger partial charge is 0.353 e. The van der Waals surface area contributed by atoms with E-state index in [4.69, 9.17) is 11.6 Å². The van der Waals surface area contributed by atoms with Crippen LogP contribution in [-0.2, 0) is 19.2 Å². The van der Waals surface area contributed by atoms with Crippen LogP contribution in [0.3, 0.4) is 0 Å². The SMILES string of the molecule is C[C@@H]1C[C@@H](CC(NC(=O)c2cc(Cl)ccc2NC(=O)C2CC2C(F)(F)F)C(=O)C(=O)NC2CC2)C(=O)N1. The second-order valence-electron chi connectivity index (χ2n) is 9.89. The van der Waals surface area contributed by atoms with Gasteiger partial charge in [0.25, 0.3) is 11.8 Å². The van der Waals surface area contributed by atoms with Crippen LogP contribution >= 0.6 is 11.6 Å². The highest BCUT2D eigenvalue weighted by Gasteiger charge is 2.59. The number of halogens is 4. The van der Waals surface area contributed by atoms with Crippen molar-refractivity contribution in [2.75, 3.05) is 5.32 Å². The molecule has 4 N–H and O–H groups in total. The van der Waals surface area contributed by atoms with Gasteiger partial charge in [-0.1, -0.05) is 11.6 Å². The van der Waals surface area contributed by atoms with Crippen molar-refractivity contribution in [1.29, 1.82) is 0 Å². The number of carbonyl (C=O) groups is 5. The molecule has 3 unspecified atom stereocenters. The fourth-order valence-electron chi connectivity index (χ4n) is 4.44. The molecule has 1 saturated heterocycles. The Morgan fingerprint density at radius 1 is 1.16 bits per heavy atom. The van der Waals surface area contributed by atoms with Crippen molar-refractivity contribution in [3.8, 4) is 0 Å². The number of amides is 4. The molecule has 2 aliphatic carbocycles. The van der Waals surface area contributed by atoms with E-state index in [0.717, 1.165) is 12.8 Å². The summed E-state index contributed by atoms with van der Waals surface area (Å²) in [6, 6.07) is 2.20. The minimum Gasteiger partial charge on any atom is -0.353 e. The van der Waals surface area contributed by atoms with Gasteiger partial charge in [-0.15, -0.1) is 0 Å². The standard InChI is InChI=1S/C24H26ClF3N4O5/c1-10-6-11(20(34)29-10)7-18(19(33)23(37)30-13-3-4-13)32-22(36)15-8-12(25)2-5-17(15)31-21(35)14-9-16(14)24(26,27)28/h2,5,8,10-11,13-14,16,18H,3-4,6-7,9H2,1H3,(H,29,34)(H,30,37)(H,31,35)(H,32,36)/t10-,11+,14?,16?,18?/m1/s1. The number of Topliss-reactive ketones (excluding diaryl/α,β-unsaturated/α-hetero) is 1. The van der Waals surface area contributed by atoms with Gasteiger partial charge in [0.1, 0.15) is 0 Å². The summed E-state index contributed by atoms with van der Waals surface area (Å²) in [7, 11) is 0. The summed E-state index contributed by atoms with van der Waals surface area (Å²) in [4.78, 5) is 63.3. The van der Waals surface area contributed by atoms with Crippen molar-refractivity contribution in [1.82, 2.24) is 16.0 Å². The zero-order valence-corrected chi connectivity index (χ0v) is 20.5. The third kappa shape index (κ3) is 6.60.